The summed E-state index contributed by atoms with van der Waals surface area (Å²) in [7, 11) is 0. The Labute approximate surface area is 86.7 Å². The number of carboxylic acid groups (broad SMARTS) is 1. The SMILES string of the molecule is CC(=O)c1c(CC(=O)O)cn2c1NCC2. The van der Waals surface area contributed by atoms with Crippen LogP contribution in [-0.4, -0.2) is 28.0 Å². The molecule has 0 aromatic carbocycles. The largest absolute Gasteiger partial charge is 0.481 e. The zero-order valence-corrected chi connectivity index (χ0v) is 8.41. The lowest BCUT2D eigenvalue weighted by Crippen LogP contribution is -2.06. The summed E-state index contributed by atoms with van der Waals surface area (Å²) in [5.41, 5.74) is 1.12. The summed E-state index contributed by atoms with van der Waals surface area (Å²) in [6.07, 6.45) is 1.65. The molecule has 15 heavy (non-hydrogen) atoms. The van der Waals surface area contributed by atoms with Crippen LogP contribution >= 0.6 is 0 Å². The number of carbonyl (C=O) groups excluding carboxylic acids is 1. The molecular weight excluding hydrogens is 196 g/mol. The molecule has 2 rings (SSSR count). The van der Waals surface area contributed by atoms with Crippen LogP contribution in [0.2, 0.25) is 0 Å². The maximum atomic E-state index is 11.4. The first-order valence-electron chi connectivity index (χ1n) is 4.78. The highest BCUT2D eigenvalue weighted by Gasteiger charge is 2.23. The van der Waals surface area contributed by atoms with Gasteiger partial charge in [0.05, 0.1) is 12.0 Å². The van der Waals surface area contributed by atoms with Gasteiger partial charge in [0.2, 0.25) is 0 Å². The highest BCUT2D eigenvalue weighted by molar-refractivity contribution is 6.01. The summed E-state index contributed by atoms with van der Waals surface area (Å²) in [6, 6.07) is 0. The van der Waals surface area contributed by atoms with Crippen molar-refractivity contribution in [2.75, 3.05) is 11.9 Å². The van der Waals surface area contributed by atoms with Crippen LogP contribution in [0.1, 0.15) is 22.8 Å². The first-order valence-corrected chi connectivity index (χ1v) is 4.78. The molecule has 0 radical (unpaired) electrons. The van der Waals surface area contributed by atoms with Gasteiger partial charge in [0.1, 0.15) is 5.82 Å². The van der Waals surface area contributed by atoms with Gasteiger partial charge in [-0.25, -0.2) is 0 Å². The molecule has 1 aliphatic rings. The molecule has 0 bridgehead atoms. The molecule has 1 aliphatic heterocycles. The van der Waals surface area contributed by atoms with Crippen molar-refractivity contribution in [2.24, 2.45) is 0 Å². The number of aromatic nitrogens is 1. The van der Waals surface area contributed by atoms with E-state index >= 15 is 0 Å². The van der Waals surface area contributed by atoms with E-state index in [9.17, 15) is 9.59 Å². The van der Waals surface area contributed by atoms with E-state index in [0.717, 1.165) is 18.9 Å². The molecule has 1 aromatic heterocycles. The molecule has 1 aromatic rings. The van der Waals surface area contributed by atoms with Gasteiger partial charge >= 0.3 is 5.97 Å². The van der Waals surface area contributed by atoms with Gasteiger partial charge in [-0.2, -0.15) is 0 Å². The summed E-state index contributed by atoms with van der Waals surface area (Å²) >= 11 is 0. The Morgan fingerprint density at radius 1 is 1.60 bits per heavy atom. The van der Waals surface area contributed by atoms with Crippen molar-refractivity contribution in [2.45, 2.75) is 19.9 Å². The molecule has 5 heteroatoms. The number of anilines is 1. The molecule has 0 spiro atoms. The number of nitrogens with one attached hydrogen (secondary N) is 1. The molecule has 2 heterocycles. The predicted octanol–water partition coefficient (Wildman–Crippen LogP) is 0.743. The quantitative estimate of drug-likeness (QED) is 0.719. The number of aliphatic carboxylic acids is 1. The topological polar surface area (TPSA) is 71.3 Å². The monoisotopic (exact) mass is 208 g/mol. The van der Waals surface area contributed by atoms with Crippen molar-refractivity contribution in [1.82, 2.24) is 4.57 Å². The third-order valence-electron chi connectivity index (χ3n) is 2.50. The standard InChI is InChI=1S/C10H12N2O3/c1-6(13)9-7(4-8(14)15)5-12-3-2-11-10(9)12/h5,11H,2-4H2,1H3,(H,14,15). The molecule has 0 saturated heterocycles. The number of carboxylic acids is 1. The third kappa shape index (κ3) is 1.60. The molecule has 0 unspecified atom stereocenters. The molecule has 0 amide bonds. The van der Waals surface area contributed by atoms with Crippen molar-refractivity contribution in [3.05, 3.63) is 17.3 Å². The van der Waals surface area contributed by atoms with Crippen molar-refractivity contribution in [1.29, 1.82) is 0 Å². The third-order valence-corrected chi connectivity index (χ3v) is 2.50. The molecule has 80 valence electrons. The minimum atomic E-state index is -0.915. The Morgan fingerprint density at radius 2 is 2.33 bits per heavy atom. The van der Waals surface area contributed by atoms with Crippen LogP contribution in [0.25, 0.3) is 0 Å². The number of nitrogens with zero attached hydrogens (tertiary/aromatic N) is 1. The summed E-state index contributed by atoms with van der Waals surface area (Å²) in [6.45, 7) is 3.04. The second-order valence-electron chi connectivity index (χ2n) is 3.62. The van der Waals surface area contributed by atoms with Gasteiger partial charge in [0.15, 0.2) is 5.78 Å². The molecular formula is C10H12N2O3. The number of rotatable bonds is 3. The van der Waals surface area contributed by atoms with Gasteiger partial charge in [-0.3, -0.25) is 9.59 Å². The lowest BCUT2D eigenvalue weighted by molar-refractivity contribution is -0.136. The van der Waals surface area contributed by atoms with E-state index in [4.69, 9.17) is 5.11 Å². The zero-order chi connectivity index (χ0) is 11.0. The van der Waals surface area contributed by atoms with Crippen LogP contribution in [0.5, 0.6) is 0 Å². The minimum absolute atomic E-state index is 0.0885. The van der Waals surface area contributed by atoms with Crippen LogP contribution in [0.4, 0.5) is 5.82 Å². The highest BCUT2D eigenvalue weighted by Crippen LogP contribution is 2.27. The van der Waals surface area contributed by atoms with Gasteiger partial charge < -0.3 is 15.0 Å². The van der Waals surface area contributed by atoms with Crippen LogP contribution in [0.3, 0.4) is 0 Å². The van der Waals surface area contributed by atoms with Gasteiger partial charge in [-0.15, -0.1) is 0 Å². The van der Waals surface area contributed by atoms with Crippen molar-refractivity contribution >= 4 is 17.6 Å². The first-order chi connectivity index (χ1) is 7.09. The summed E-state index contributed by atoms with van der Waals surface area (Å²) < 4.78 is 1.90. The maximum absolute atomic E-state index is 11.4. The van der Waals surface area contributed by atoms with Crippen molar-refractivity contribution in [3.63, 3.8) is 0 Å². The Bertz CT molecular complexity index is 434. The molecule has 0 fully saturated rings. The number of Topliss-reactive ketones (excluding diaryl/α,β-unsaturated/α-hetero) is 1. The Kier molecular flexibility index (Phi) is 2.22. The Morgan fingerprint density at radius 3 is 2.93 bits per heavy atom. The van der Waals surface area contributed by atoms with E-state index < -0.39 is 5.97 Å². The Balaban J connectivity index is 2.46. The fraction of sp³-hybridized carbons (Fsp3) is 0.400. The number of hydrogen-bond donors (Lipinski definition) is 2. The van der Waals surface area contributed by atoms with E-state index in [1.54, 1.807) is 6.20 Å². The van der Waals surface area contributed by atoms with Crippen molar-refractivity contribution in [3.8, 4) is 0 Å². The summed E-state index contributed by atoms with van der Waals surface area (Å²) in [5.74, 6) is -0.241. The zero-order valence-electron chi connectivity index (χ0n) is 8.41. The fourth-order valence-electron chi connectivity index (χ4n) is 1.96. The summed E-state index contributed by atoms with van der Waals surface area (Å²) in [5, 5.41) is 11.8. The minimum Gasteiger partial charge on any atom is -0.481 e. The van der Waals surface area contributed by atoms with Gasteiger partial charge in [0.25, 0.3) is 0 Å². The molecule has 0 aliphatic carbocycles. The van der Waals surface area contributed by atoms with Crippen molar-refractivity contribution < 1.29 is 14.7 Å². The first kappa shape index (κ1) is 9.76. The maximum Gasteiger partial charge on any atom is 0.307 e. The predicted molar refractivity (Wildman–Crippen MR) is 54.3 cm³/mol. The second-order valence-corrected chi connectivity index (χ2v) is 3.62. The lowest BCUT2D eigenvalue weighted by Gasteiger charge is -2.00. The van der Waals surface area contributed by atoms with Gasteiger partial charge in [0, 0.05) is 19.3 Å². The van der Waals surface area contributed by atoms with E-state index in [2.05, 4.69) is 5.32 Å². The van der Waals surface area contributed by atoms with E-state index in [1.165, 1.54) is 6.92 Å². The Hall–Kier alpha value is -1.78. The van der Waals surface area contributed by atoms with Crippen LogP contribution in [0, 0.1) is 0 Å². The normalized spacial score (nSPS) is 13.4. The van der Waals surface area contributed by atoms with E-state index in [1.807, 2.05) is 4.57 Å². The van der Waals surface area contributed by atoms with E-state index in [0.29, 0.717) is 11.1 Å². The number of carbonyl (C=O) groups is 2. The lowest BCUT2D eigenvalue weighted by atomic mass is 10.1. The highest BCUT2D eigenvalue weighted by atomic mass is 16.4. The molecule has 0 atom stereocenters. The van der Waals surface area contributed by atoms with Crippen LogP contribution in [0.15, 0.2) is 6.20 Å². The summed E-state index contributed by atoms with van der Waals surface area (Å²) in [4.78, 5) is 22.1. The van der Waals surface area contributed by atoms with Gasteiger partial charge in [-0.1, -0.05) is 0 Å². The molecule has 2 N–H and O–H groups in total. The van der Waals surface area contributed by atoms with Crippen LogP contribution in [-0.2, 0) is 17.8 Å². The number of hydrogen-bond acceptors (Lipinski definition) is 3. The number of fused-ring (bicyclic) bond motifs is 1. The average molecular weight is 208 g/mol. The average Bonchev–Trinajstić information content (AvgIpc) is 2.60. The molecule has 0 saturated carbocycles. The smallest absolute Gasteiger partial charge is 0.307 e. The second kappa shape index (κ2) is 3.42. The van der Waals surface area contributed by atoms with Crippen LogP contribution < -0.4 is 5.32 Å². The van der Waals surface area contributed by atoms with E-state index in [-0.39, 0.29) is 12.2 Å². The molecule has 5 nitrogen and oxygen atoms in total. The number of ketones is 1. The van der Waals surface area contributed by atoms with Gasteiger partial charge in [-0.05, 0) is 12.5 Å². The fourth-order valence-corrected chi connectivity index (χ4v) is 1.96.